The molecule has 2 unspecified atom stereocenters. The Morgan fingerprint density at radius 2 is 1.65 bits per heavy atom. The monoisotopic (exact) mass is 552 g/mol. The molecule has 10 heteroatoms. The number of carbonyl (C=O) groups is 1. The molecule has 2 aromatic carbocycles. The molecule has 0 aliphatic carbocycles. The Labute approximate surface area is 225 Å². The third-order valence-electron chi connectivity index (χ3n) is 7.63. The first-order valence-corrected chi connectivity index (χ1v) is 14.0. The average Bonchev–Trinajstić information content (AvgIpc) is 3.43. The van der Waals surface area contributed by atoms with Crippen molar-refractivity contribution >= 4 is 40.6 Å². The van der Waals surface area contributed by atoms with Gasteiger partial charge in [0.1, 0.15) is 0 Å². The largest absolute Gasteiger partial charge is 0.446 e. The van der Waals surface area contributed by atoms with E-state index in [1.807, 2.05) is 17.0 Å². The Hall–Kier alpha value is -2.10. The Balaban J connectivity index is 1.05. The number of piperidine rings is 1. The van der Waals surface area contributed by atoms with Crippen molar-refractivity contribution < 1.29 is 18.0 Å². The molecule has 5 nitrogen and oxygen atoms in total. The molecule has 2 aromatic rings. The number of benzene rings is 2. The van der Waals surface area contributed by atoms with Crippen molar-refractivity contribution in [2.45, 2.75) is 35.7 Å². The first-order valence-electron chi connectivity index (χ1n) is 12.8. The molecule has 5 rings (SSSR count). The summed E-state index contributed by atoms with van der Waals surface area (Å²) in [6.45, 7) is 6.35. The second kappa shape index (κ2) is 11.3. The number of thioether (sulfide) groups is 1. The molecule has 200 valence electrons. The number of hydrogen-bond donors (Lipinski definition) is 1. The number of alkyl halides is 3. The summed E-state index contributed by atoms with van der Waals surface area (Å²) >= 11 is 5.91. The maximum Gasteiger partial charge on any atom is 0.446 e. The highest BCUT2D eigenvalue weighted by Gasteiger charge is 2.40. The van der Waals surface area contributed by atoms with E-state index in [1.165, 1.54) is 17.8 Å². The van der Waals surface area contributed by atoms with Gasteiger partial charge in [0, 0.05) is 79.6 Å². The standard InChI is InChI=1S/C27H32ClF3N4OS/c28-21-3-7-24(8-4-21)35-16-19-14-33(15-20(19)17-35)13-11-26(36)34-12-1-2-23(18-34)32-22-5-9-25(10-6-22)37-27(29,30)31/h3-10,19-20,23,32H,1-2,11-18H2/t19?,20?,23-/m0/s1. The smallest absolute Gasteiger partial charge is 0.381 e. The van der Waals surface area contributed by atoms with Gasteiger partial charge in [0.25, 0.3) is 0 Å². The molecule has 0 radical (unpaired) electrons. The minimum atomic E-state index is -4.29. The predicted octanol–water partition coefficient (Wildman–Crippen LogP) is 5.81. The van der Waals surface area contributed by atoms with E-state index in [9.17, 15) is 18.0 Å². The number of carbonyl (C=O) groups excluding carboxylic acids is 1. The van der Waals surface area contributed by atoms with Gasteiger partial charge in [0.05, 0.1) is 0 Å². The maximum atomic E-state index is 13.0. The molecule has 3 atom stereocenters. The van der Waals surface area contributed by atoms with Crippen LogP contribution in [0.3, 0.4) is 0 Å². The lowest BCUT2D eigenvalue weighted by Crippen LogP contribution is -2.45. The van der Waals surface area contributed by atoms with Gasteiger partial charge < -0.3 is 20.0 Å². The van der Waals surface area contributed by atoms with Crippen LogP contribution < -0.4 is 10.2 Å². The van der Waals surface area contributed by atoms with Crippen LogP contribution in [0.1, 0.15) is 19.3 Å². The second-order valence-corrected chi connectivity index (χ2v) is 11.9. The van der Waals surface area contributed by atoms with Crippen molar-refractivity contribution in [1.29, 1.82) is 0 Å². The number of nitrogens with zero attached hydrogens (tertiary/aromatic N) is 3. The molecule has 1 N–H and O–H groups in total. The predicted molar refractivity (Wildman–Crippen MR) is 143 cm³/mol. The lowest BCUT2D eigenvalue weighted by atomic mass is 10.0. The summed E-state index contributed by atoms with van der Waals surface area (Å²) in [6.07, 6.45) is 2.37. The van der Waals surface area contributed by atoms with Crippen LogP contribution >= 0.6 is 23.4 Å². The summed E-state index contributed by atoms with van der Waals surface area (Å²) in [4.78, 5) is 20.0. The zero-order chi connectivity index (χ0) is 26.0. The van der Waals surface area contributed by atoms with Crippen molar-refractivity contribution in [3.05, 3.63) is 53.6 Å². The molecule has 1 amide bonds. The molecule has 3 aliphatic rings. The van der Waals surface area contributed by atoms with Gasteiger partial charge in [-0.3, -0.25) is 4.79 Å². The van der Waals surface area contributed by atoms with Gasteiger partial charge in [0.15, 0.2) is 0 Å². The summed E-state index contributed by atoms with van der Waals surface area (Å²) in [5.74, 6) is 1.45. The van der Waals surface area contributed by atoms with E-state index >= 15 is 0 Å². The molecule has 3 heterocycles. The molecule has 0 bridgehead atoms. The van der Waals surface area contributed by atoms with Gasteiger partial charge in [-0.05, 0) is 85.0 Å². The van der Waals surface area contributed by atoms with Crippen molar-refractivity contribution in [2.75, 3.05) is 56.0 Å². The van der Waals surface area contributed by atoms with Gasteiger partial charge in [-0.1, -0.05) is 11.6 Å². The number of amides is 1. The quantitative estimate of drug-likeness (QED) is 0.439. The minimum Gasteiger partial charge on any atom is -0.381 e. The van der Waals surface area contributed by atoms with Gasteiger partial charge in [-0.2, -0.15) is 13.2 Å². The fraction of sp³-hybridized carbons (Fsp3) is 0.519. The number of rotatable bonds is 7. The zero-order valence-corrected chi connectivity index (χ0v) is 22.2. The summed E-state index contributed by atoms with van der Waals surface area (Å²) in [5.41, 5.74) is -2.28. The molecule has 37 heavy (non-hydrogen) atoms. The average molecular weight is 553 g/mol. The molecule has 0 aromatic heterocycles. The van der Waals surface area contributed by atoms with Crippen LogP contribution in [-0.4, -0.2) is 73.1 Å². The van der Waals surface area contributed by atoms with E-state index in [2.05, 4.69) is 27.2 Å². The first kappa shape index (κ1) is 26.5. The third kappa shape index (κ3) is 7.06. The van der Waals surface area contributed by atoms with Gasteiger partial charge in [0.2, 0.25) is 5.91 Å². The Bertz CT molecular complexity index is 1050. The highest BCUT2D eigenvalue weighted by Crippen LogP contribution is 2.37. The van der Waals surface area contributed by atoms with E-state index in [-0.39, 0.29) is 28.6 Å². The summed E-state index contributed by atoms with van der Waals surface area (Å²) < 4.78 is 37.6. The van der Waals surface area contributed by atoms with Gasteiger partial charge >= 0.3 is 5.51 Å². The van der Waals surface area contributed by atoms with E-state index < -0.39 is 5.51 Å². The number of likely N-dealkylation sites (tertiary alicyclic amines) is 2. The van der Waals surface area contributed by atoms with Crippen LogP contribution in [0.5, 0.6) is 0 Å². The molecule has 3 fully saturated rings. The summed E-state index contributed by atoms with van der Waals surface area (Å²) in [7, 11) is 0. The van der Waals surface area contributed by atoms with Crippen molar-refractivity contribution in [1.82, 2.24) is 9.80 Å². The molecular formula is C27H32ClF3N4OS. The third-order valence-corrected chi connectivity index (χ3v) is 8.62. The van der Waals surface area contributed by atoms with E-state index in [0.717, 1.165) is 62.8 Å². The molecular weight excluding hydrogens is 521 g/mol. The van der Waals surface area contributed by atoms with Crippen LogP contribution in [-0.2, 0) is 4.79 Å². The molecule has 3 saturated heterocycles. The van der Waals surface area contributed by atoms with Crippen molar-refractivity contribution in [3.8, 4) is 0 Å². The Morgan fingerprint density at radius 3 is 2.30 bits per heavy atom. The number of halogens is 4. The van der Waals surface area contributed by atoms with Crippen molar-refractivity contribution in [2.24, 2.45) is 11.8 Å². The lowest BCUT2D eigenvalue weighted by molar-refractivity contribution is -0.132. The molecule has 0 saturated carbocycles. The van der Waals surface area contributed by atoms with E-state index in [4.69, 9.17) is 11.6 Å². The van der Waals surface area contributed by atoms with Crippen LogP contribution in [0.25, 0.3) is 0 Å². The second-order valence-electron chi connectivity index (χ2n) is 10.3. The summed E-state index contributed by atoms with van der Waals surface area (Å²) in [6, 6.07) is 14.5. The first-order chi connectivity index (χ1) is 17.7. The number of hydrogen-bond acceptors (Lipinski definition) is 5. The fourth-order valence-electron chi connectivity index (χ4n) is 5.86. The maximum absolute atomic E-state index is 13.0. The Morgan fingerprint density at radius 1 is 0.973 bits per heavy atom. The lowest BCUT2D eigenvalue weighted by Gasteiger charge is -2.34. The highest BCUT2D eigenvalue weighted by atomic mass is 35.5. The normalized spacial score (nSPS) is 24.4. The summed E-state index contributed by atoms with van der Waals surface area (Å²) in [5, 5.41) is 4.15. The topological polar surface area (TPSA) is 38.8 Å². The number of nitrogens with one attached hydrogen (secondary N) is 1. The van der Waals surface area contributed by atoms with Crippen LogP contribution in [0.2, 0.25) is 5.02 Å². The molecule has 0 spiro atoms. The zero-order valence-electron chi connectivity index (χ0n) is 20.6. The SMILES string of the molecule is O=C(CCN1CC2CN(c3ccc(Cl)cc3)CC2C1)N1CCC[C@H](Nc2ccc(SC(F)(F)F)cc2)C1. The van der Waals surface area contributed by atoms with E-state index in [1.54, 1.807) is 12.1 Å². The van der Waals surface area contributed by atoms with Crippen LogP contribution in [0.15, 0.2) is 53.4 Å². The minimum absolute atomic E-state index is 0.101. The Kier molecular flexibility index (Phi) is 8.12. The van der Waals surface area contributed by atoms with Crippen molar-refractivity contribution in [3.63, 3.8) is 0 Å². The van der Waals surface area contributed by atoms with Crippen LogP contribution in [0, 0.1) is 11.8 Å². The fourth-order valence-corrected chi connectivity index (χ4v) is 6.52. The van der Waals surface area contributed by atoms with Gasteiger partial charge in [-0.15, -0.1) is 0 Å². The van der Waals surface area contributed by atoms with Crippen LogP contribution in [0.4, 0.5) is 24.5 Å². The highest BCUT2D eigenvalue weighted by molar-refractivity contribution is 8.00. The molecule has 3 aliphatic heterocycles. The van der Waals surface area contributed by atoms with E-state index in [0.29, 0.717) is 24.8 Å². The number of anilines is 2. The van der Waals surface area contributed by atoms with Gasteiger partial charge in [-0.25, -0.2) is 0 Å². The number of fused-ring (bicyclic) bond motifs is 1.